The first-order chi connectivity index (χ1) is 15.2. The molecule has 3 nitrogen and oxygen atoms in total. The van der Waals surface area contributed by atoms with Crippen LogP contribution in [0.25, 0.3) is 23.3 Å². The van der Waals surface area contributed by atoms with Crippen LogP contribution in [0.1, 0.15) is 58.8 Å². The third kappa shape index (κ3) is 5.49. The molecule has 0 N–H and O–H groups in total. The van der Waals surface area contributed by atoms with Crippen molar-refractivity contribution in [1.29, 1.82) is 5.26 Å². The molecule has 0 bridgehead atoms. The first kappa shape index (κ1) is 22.1. The monoisotopic (exact) mass is 409 g/mol. The first-order valence-electron chi connectivity index (χ1n) is 10.7. The molecule has 0 aromatic heterocycles. The number of aryl methyl sites for hydroxylation is 1. The predicted octanol–water partition coefficient (Wildman–Crippen LogP) is 7.09. The molecule has 0 aliphatic carbocycles. The molecule has 0 aliphatic heterocycles. The van der Waals surface area contributed by atoms with E-state index in [0.29, 0.717) is 23.5 Å². The van der Waals surface area contributed by atoms with Crippen LogP contribution in [0, 0.1) is 18.3 Å². The van der Waals surface area contributed by atoms with Gasteiger partial charge >= 0.3 is 0 Å². The molecule has 0 unspecified atom stereocenters. The Kier molecular flexibility index (Phi) is 7.79. The minimum absolute atomic E-state index is 0.542. The molecule has 0 heterocycles. The van der Waals surface area contributed by atoms with Crippen LogP contribution in [-0.4, -0.2) is 12.9 Å². The minimum Gasteiger partial charge on any atom is -0.493 e. The largest absolute Gasteiger partial charge is 0.493 e. The summed E-state index contributed by atoms with van der Waals surface area (Å²) < 4.78 is 5.83. The zero-order valence-corrected chi connectivity index (χ0v) is 18.1. The second-order valence-electron chi connectivity index (χ2n) is 7.50. The van der Waals surface area contributed by atoms with Gasteiger partial charge in [0.15, 0.2) is 6.29 Å². The van der Waals surface area contributed by atoms with E-state index in [1.54, 1.807) is 0 Å². The molecular formula is C28H27NO2. The second-order valence-corrected chi connectivity index (χ2v) is 7.50. The molecule has 0 aliphatic rings. The highest BCUT2D eigenvalue weighted by Crippen LogP contribution is 2.28. The van der Waals surface area contributed by atoms with Gasteiger partial charge in [-0.3, -0.25) is 4.79 Å². The Labute approximate surface area is 184 Å². The molecule has 0 spiro atoms. The van der Waals surface area contributed by atoms with Gasteiger partial charge in [0, 0.05) is 5.56 Å². The second kappa shape index (κ2) is 10.9. The summed E-state index contributed by atoms with van der Waals surface area (Å²) in [6, 6.07) is 21.9. The summed E-state index contributed by atoms with van der Waals surface area (Å²) in [7, 11) is 0. The highest BCUT2D eigenvalue weighted by Gasteiger charge is 2.10. The normalized spacial score (nSPS) is 10.7. The van der Waals surface area contributed by atoms with Gasteiger partial charge in [-0.05, 0) is 47.7 Å². The molecule has 3 aromatic carbocycles. The number of unbranched alkanes of at least 4 members (excludes halogenated alkanes) is 2. The molecular weight excluding hydrogens is 382 g/mol. The van der Waals surface area contributed by atoms with Crippen LogP contribution < -0.4 is 4.74 Å². The van der Waals surface area contributed by atoms with E-state index >= 15 is 0 Å². The van der Waals surface area contributed by atoms with Gasteiger partial charge in [0.1, 0.15) is 11.8 Å². The van der Waals surface area contributed by atoms with Crippen molar-refractivity contribution in [2.24, 2.45) is 0 Å². The van der Waals surface area contributed by atoms with E-state index in [0.717, 1.165) is 53.4 Å². The Morgan fingerprint density at radius 2 is 1.71 bits per heavy atom. The lowest BCUT2D eigenvalue weighted by molar-refractivity contribution is 0.111. The van der Waals surface area contributed by atoms with Crippen LogP contribution in [0.4, 0.5) is 0 Å². The van der Waals surface area contributed by atoms with Crippen molar-refractivity contribution >= 4 is 18.4 Å². The molecule has 3 rings (SSSR count). The fourth-order valence-electron chi connectivity index (χ4n) is 3.52. The van der Waals surface area contributed by atoms with E-state index in [1.807, 2.05) is 79.7 Å². The lowest BCUT2D eigenvalue weighted by Crippen LogP contribution is -2.01. The van der Waals surface area contributed by atoms with Crippen molar-refractivity contribution in [2.45, 2.75) is 33.1 Å². The Hall–Kier alpha value is -3.64. The van der Waals surface area contributed by atoms with Crippen LogP contribution in [0.3, 0.4) is 0 Å². The van der Waals surface area contributed by atoms with Crippen LogP contribution in [-0.2, 0) is 0 Å². The number of aldehydes is 1. The summed E-state index contributed by atoms with van der Waals surface area (Å²) >= 11 is 0. The number of nitriles is 1. The summed E-state index contributed by atoms with van der Waals surface area (Å²) in [6.45, 7) is 4.76. The molecule has 0 atom stereocenters. The van der Waals surface area contributed by atoms with E-state index in [-0.39, 0.29) is 0 Å². The zero-order chi connectivity index (χ0) is 22.1. The zero-order valence-electron chi connectivity index (χ0n) is 18.1. The minimum atomic E-state index is 0.542. The number of hydrogen-bond acceptors (Lipinski definition) is 3. The lowest BCUT2D eigenvalue weighted by Gasteiger charge is -2.11. The Morgan fingerprint density at radius 3 is 2.42 bits per heavy atom. The number of hydrogen-bond donors (Lipinski definition) is 0. The van der Waals surface area contributed by atoms with Crippen molar-refractivity contribution in [1.82, 2.24) is 0 Å². The average molecular weight is 410 g/mol. The molecule has 156 valence electrons. The molecule has 3 aromatic rings. The van der Waals surface area contributed by atoms with Gasteiger partial charge in [-0.1, -0.05) is 80.4 Å². The Balaban J connectivity index is 1.90. The Bertz CT molecular complexity index is 1110. The summed E-state index contributed by atoms with van der Waals surface area (Å²) in [6.07, 6.45) is 7.94. The van der Waals surface area contributed by atoms with Gasteiger partial charge in [-0.25, -0.2) is 0 Å². The quantitative estimate of drug-likeness (QED) is 0.215. The van der Waals surface area contributed by atoms with E-state index in [9.17, 15) is 10.1 Å². The molecule has 0 radical (unpaired) electrons. The molecule has 3 heteroatoms. The standard InChI is InChI=1S/C28H27NO2/c1-3-4-8-16-31-28-17-21(2)24(18-25(28)20-30)15-14-23-12-9-13-26(27(23)19-29)22-10-6-5-7-11-22/h5-7,9-15,17-18,20H,3-4,8,16H2,1-2H3/b15-14+. The maximum absolute atomic E-state index is 11.6. The van der Waals surface area contributed by atoms with Crippen LogP contribution in [0.2, 0.25) is 0 Å². The van der Waals surface area contributed by atoms with Gasteiger partial charge in [-0.2, -0.15) is 5.26 Å². The van der Waals surface area contributed by atoms with E-state index < -0.39 is 0 Å². The third-order valence-electron chi connectivity index (χ3n) is 5.27. The Morgan fingerprint density at radius 1 is 0.935 bits per heavy atom. The molecule has 31 heavy (non-hydrogen) atoms. The molecule has 0 fully saturated rings. The smallest absolute Gasteiger partial charge is 0.153 e. The lowest BCUT2D eigenvalue weighted by atomic mass is 9.95. The third-order valence-corrected chi connectivity index (χ3v) is 5.27. The van der Waals surface area contributed by atoms with Crippen molar-refractivity contribution in [2.75, 3.05) is 6.61 Å². The maximum atomic E-state index is 11.6. The van der Waals surface area contributed by atoms with Crippen molar-refractivity contribution in [3.05, 3.63) is 88.5 Å². The van der Waals surface area contributed by atoms with Crippen molar-refractivity contribution in [3.8, 4) is 22.9 Å². The summed E-state index contributed by atoms with van der Waals surface area (Å²) in [5, 5.41) is 9.80. The number of ether oxygens (including phenoxy) is 1. The SMILES string of the molecule is CCCCCOc1cc(C)c(/C=C/c2cccc(-c3ccccc3)c2C#N)cc1C=O. The van der Waals surface area contributed by atoms with Gasteiger partial charge < -0.3 is 4.74 Å². The predicted molar refractivity (Wildman–Crippen MR) is 127 cm³/mol. The average Bonchev–Trinajstić information content (AvgIpc) is 2.81. The van der Waals surface area contributed by atoms with E-state index in [1.165, 1.54) is 0 Å². The number of benzene rings is 3. The van der Waals surface area contributed by atoms with Crippen LogP contribution in [0.15, 0.2) is 60.7 Å². The van der Waals surface area contributed by atoms with E-state index in [2.05, 4.69) is 13.0 Å². The number of rotatable bonds is 9. The first-order valence-corrected chi connectivity index (χ1v) is 10.7. The molecule has 0 saturated carbocycles. The molecule has 0 amide bonds. The van der Waals surface area contributed by atoms with Gasteiger partial charge in [-0.15, -0.1) is 0 Å². The number of carbonyl (C=O) groups excluding carboxylic acids is 1. The fourth-order valence-corrected chi connectivity index (χ4v) is 3.52. The van der Waals surface area contributed by atoms with Gasteiger partial charge in [0.2, 0.25) is 0 Å². The topological polar surface area (TPSA) is 50.1 Å². The fraction of sp³-hybridized carbons (Fsp3) is 0.214. The van der Waals surface area contributed by atoms with E-state index in [4.69, 9.17) is 4.74 Å². The van der Waals surface area contributed by atoms with Crippen LogP contribution in [0.5, 0.6) is 5.75 Å². The summed E-state index contributed by atoms with van der Waals surface area (Å²) in [4.78, 5) is 11.6. The van der Waals surface area contributed by atoms with Crippen molar-refractivity contribution in [3.63, 3.8) is 0 Å². The summed E-state index contributed by atoms with van der Waals surface area (Å²) in [5.41, 5.74) is 5.89. The van der Waals surface area contributed by atoms with Crippen molar-refractivity contribution < 1.29 is 9.53 Å². The van der Waals surface area contributed by atoms with Gasteiger partial charge in [0.05, 0.1) is 17.7 Å². The van der Waals surface area contributed by atoms with Gasteiger partial charge in [0.25, 0.3) is 0 Å². The van der Waals surface area contributed by atoms with Crippen LogP contribution >= 0.6 is 0 Å². The molecule has 0 saturated heterocycles. The highest BCUT2D eigenvalue weighted by atomic mass is 16.5. The number of carbonyl (C=O) groups is 1. The highest BCUT2D eigenvalue weighted by molar-refractivity contribution is 5.84. The summed E-state index contributed by atoms with van der Waals surface area (Å²) in [5.74, 6) is 0.629. The maximum Gasteiger partial charge on any atom is 0.153 e. The number of nitrogens with zero attached hydrogens (tertiary/aromatic N) is 1.